The highest BCUT2D eigenvalue weighted by molar-refractivity contribution is 6.05. The van der Waals surface area contributed by atoms with Crippen LogP contribution in [0.3, 0.4) is 0 Å². The standard InChI is InChI=1S/C16H14O5/c1-20-16-14(19)13-11(18)7-10(17)8-12(13)21-15(16)9-5-3-2-4-6-9/h2-8,15-18H,1H3/t15-,16+/m0/s1. The fraction of sp³-hybridized carbons (Fsp3) is 0.188. The Kier molecular flexibility index (Phi) is 3.27. The summed E-state index contributed by atoms with van der Waals surface area (Å²) in [6.45, 7) is 0. The predicted molar refractivity (Wildman–Crippen MR) is 74.7 cm³/mol. The van der Waals surface area contributed by atoms with Crippen molar-refractivity contribution in [3.8, 4) is 17.2 Å². The van der Waals surface area contributed by atoms with E-state index in [1.165, 1.54) is 13.2 Å². The molecular formula is C16H14O5. The molecule has 0 aromatic heterocycles. The number of methoxy groups -OCH3 is 1. The molecule has 1 aliphatic rings. The minimum atomic E-state index is -0.852. The summed E-state index contributed by atoms with van der Waals surface area (Å²) >= 11 is 0. The van der Waals surface area contributed by atoms with E-state index in [2.05, 4.69) is 0 Å². The first kappa shape index (κ1) is 13.5. The number of phenolic OH excluding ortho intramolecular Hbond substituents is 2. The predicted octanol–water partition coefficient (Wildman–Crippen LogP) is 2.43. The normalized spacial score (nSPS) is 20.7. The molecule has 0 bridgehead atoms. The Labute approximate surface area is 121 Å². The molecule has 5 nitrogen and oxygen atoms in total. The van der Waals surface area contributed by atoms with Crippen molar-refractivity contribution in [2.75, 3.05) is 7.11 Å². The molecule has 3 rings (SSSR count). The molecule has 1 heterocycles. The summed E-state index contributed by atoms with van der Waals surface area (Å²) in [6, 6.07) is 11.6. The zero-order valence-electron chi connectivity index (χ0n) is 11.3. The summed E-state index contributed by atoms with van der Waals surface area (Å²) in [6.07, 6.45) is -1.48. The zero-order valence-corrected chi connectivity index (χ0v) is 11.3. The van der Waals surface area contributed by atoms with Gasteiger partial charge in [0.2, 0.25) is 5.78 Å². The third-order valence-electron chi connectivity index (χ3n) is 3.48. The molecule has 2 aromatic rings. The lowest BCUT2D eigenvalue weighted by atomic mass is 9.92. The third-order valence-corrected chi connectivity index (χ3v) is 3.48. The van der Waals surface area contributed by atoms with Crippen molar-refractivity contribution < 1.29 is 24.5 Å². The quantitative estimate of drug-likeness (QED) is 0.886. The number of ether oxygens (including phenoxy) is 2. The van der Waals surface area contributed by atoms with Crippen LogP contribution in [-0.4, -0.2) is 29.2 Å². The largest absolute Gasteiger partial charge is 0.508 e. The zero-order chi connectivity index (χ0) is 15.0. The maximum atomic E-state index is 12.5. The van der Waals surface area contributed by atoms with Crippen LogP contribution in [-0.2, 0) is 4.74 Å². The molecule has 2 aromatic carbocycles. The number of fused-ring (bicyclic) bond motifs is 1. The molecule has 0 spiro atoms. The van der Waals surface area contributed by atoms with E-state index in [-0.39, 0.29) is 28.6 Å². The Balaban J connectivity index is 2.11. The van der Waals surface area contributed by atoms with Crippen LogP contribution in [0.1, 0.15) is 22.0 Å². The van der Waals surface area contributed by atoms with Crippen molar-refractivity contribution in [2.45, 2.75) is 12.2 Å². The lowest BCUT2D eigenvalue weighted by molar-refractivity contribution is -0.00107. The first-order valence-corrected chi connectivity index (χ1v) is 6.46. The first-order valence-electron chi connectivity index (χ1n) is 6.46. The Bertz CT molecular complexity index is 681. The number of benzene rings is 2. The summed E-state index contributed by atoms with van der Waals surface area (Å²) in [7, 11) is 1.42. The molecule has 21 heavy (non-hydrogen) atoms. The monoisotopic (exact) mass is 286 g/mol. The van der Waals surface area contributed by atoms with Crippen molar-refractivity contribution >= 4 is 5.78 Å². The second-order valence-electron chi connectivity index (χ2n) is 4.81. The molecule has 2 atom stereocenters. The van der Waals surface area contributed by atoms with Crippen molar-refractivity contribution in [1.29, 1.82) is 0 Å². The Morgan fingerprint density at radius 3 is 2.52 bits per heavy atom. The van der Waals surface area contributed by atoms with E-state index in [1.807, 2.05) is 30.3 Å². The highest BCUT2D eigenvalue weighted by atomic mass is 16.5. The molecule has 0 saturated heterocycles. The van der Waals surface area contributed by atoms with Gasteiger partial charge in [-0.2, -0.15) is 0 Å². The van der Waals surface area contributed by atoms with Gasteiger partial charge in [0.1, 0.15) is 22.8 Å². The van der Waals surface area contributed by atoms with Crippen LogP contribution in [0.5, 0.6) is 17.2 Å². The number of phenols is 2. The van der Waals surface area contributed by atoms with E-state index in [0.29, 0.717) is 0 Å². The summed E-state index contributed by atoms with van der Waals surface area (Å²) in [5.41, 5.74) is 0.818. The van der Waals surface area contributed by atoms with E-state index in [0.717, 1.165) is 11.6 Å². The molecule has 1 aliphatic heterocycles. The first-order chi connectivity index (χ1) is 10.1. The molecular weight excluding hydrogens is 272 g/mol. The van der Waals surface area contributed by atoms with Crippen LogP contribution in [0, 0.1) is 0 Å². The van der Waals surface area contributed by atoms with Crippen LogP contribution in [0.4, 0.5) is 0 Å². The van der Waals surface area contributed by atoms with Crippen molar-refractivity contribution in [3.05, 3.63) is 53.6 Å². The second-order valence-corrected chi connectivity index (χ2v) is 4.81. The number of carbonyl (C=O) groups is 1. The van der Waals surface area contributed by atoms with Gasteiger partial charge in [0.25, 0.3) is 0 Å². The summed E-state index contributed by atoms with van der Waals surface area (Å²) < 4.78 is 11.1. The van der Waals surface area contributed by atoms with Crippen LogP contribution < -0.4 is 4.74 Å². The average molecular weight is 286 g/mol. The summed E-state index contributed by atoms with van der Waals surface area (Å²) in [5.74, 6) is -0.699. The summed E-state index contributed by atoms with van der Waals surface area (Å²) in [4.78, 5) is 12.5. The topological polar surface area (TPSA) is 76.0 Å². The average Bonchev–Trinajstić information content (AvgIpc) is 2.47. The smallest absolute Gasteiger partial charge is 0.203 e. The van der Waals surface area contributed by atoms with Gasteiger partial charge in [0.15, 0.2) is 12.2 Å². The highest BCUT2D eigenvalue weighted by Gasteiger charge is 2.40. The third kappa shape index (κ3) is 2.21. The highest BCUT2D eigenvalue weighted by Crippen LogP contribution is 2.42. The van der Waals surface area contributed by atoms with Gasteiger partial charge in [-0.15, -0.1) is 0 Å². The van der Waals surface area contributed by atoms with Gasteiger partial charge >= 0.3 is 0 Å². The van der Waals surface area contributed by atoms with Crippen molar-refractivity contribution in [1.82, 2.24) is 0 Å². The van der Waals surface area contributed by atoms with E-state index in [4.69, 9.17) is 9.47 Å². The maximum absolute atomic E-state index is 12.5. The summed E-state index contributed by atoms with van der Waals surface area (Å²) in [5, 5.41) is 19.4. The fourth-order valence-corrected chi connectivity index (χ4v) is 2.52. The van der Waals surface area contributed by atoms with Crippen LogP contribution in [0.25, 0.3) is 0 Å². The fourth-order valence-electron chi connectivity index (χ4n) is 2.52. The van der Waals surface area contributed by atoms with Crippen LogP contribution >= 0.6 is 0 Å². The van der Waals surface area contributed by atoms with Crippen molar-refractivity contribution in [2.24, 2.45) is 0 Å². The SMILES string of the molecule is CO[C@@H]1C(=O)c2c(O)cc(O)cc2O[C@H]1c1ccccc1. The van der Waals surface area contributed by atoms with E-state index < -0.39 is 12.2 Å². The molecule has 0 fully saturated rings. The number of aromatic hydroxyl groups is 2. The molecule has 2 N–H and O–H groups in total. The lowest BCUT2D eigenvalue weighted by Gasteiger charge is -2.32. The molecule has 0 radical (unpaired) electrons. The Morgan fingerprint density at radius 1 is 1.14 bits per heavy atom. The number of rotatable bonds is 2. The molecule has 108 valence electrons. The molecule has 0 amide bonds. The van der Waals surface area contributed by atoms with Gasteiger partial charge in [-0.05, 0) is 5.56 Å². The number of hydrogen-bond acceptors (Lipinski definition) is 5. The number of ketones is 1. The van der Waals surface area contributed by atoms with Gasteiger partial charge < -0.3 is 19.7 Å². The maximum Gasteiger partial charge on any atom is 0.203 e. The minimum absolute atomic E-state index is 0.0341. The lowest BCUT2D eigenvalue weighted by Crippen LogP contribution is -2.37. The second kappa shape index (κ2) is 5.10. The number of Topliss-reactive ketones (excluding diaryl/α,β-unsaturated/α-hetero) is 1. The molecule has 0 unspecified atom stereocenters. The van der Waals surface area contributed by atoms with Gasteiger partial charge in [-0.25, -0.2) is 0 Å². The van der Waals surface area contributed by atoms with Crippen LogP contribution in [0.15, 0.2) is 42.5 Å². The Morgan fingerprint density at radius 2 is 1.86 bits per heavy atom. The van der Waals surface area contributed by atoms with Gasteiger partial charge in [0, 0.05) is 19.2 Å². The van der Waals surface area contributed by atoms with E-state index in [9.17, 15) is 15.0 Å². The van der Waals surface area contributed by atoms with E-state index >= 15 is 0 Å². The number of carbonyl (C=O) groups excluding carboxylic acids is 1. The van der Waals surface area contributed by atoms with Gasteiger partial charge in [0.05, 0.1) is 0 Å². The van der Waals surface area contributed by atoms with Crippen LogP contribution in [0.2, 0.25) is 0 Å². The molecule has 0 aliphatic carbocycles. The molecule has 5 heteroatoms. The van der Waals surface area contributed by atoms with Crippen molar-refractivity contribution in [3.63, 3.8) is 0 Å². The number of hydrogen-bond donors (Lipinski definition) is 2. The van der Waals surface area contributed by atoms with E-state index in [1.54, 1.807) is 0 Å². The Hall–Kier alpha value is -2.53. The minimum Gasteiger partial charge on any atom is -0.508 e. The van der Waals surface area contributed by atoms with Gasteiger partial charge in [-0.1, -0.05) is 30.3 Å². The molecule has 0 saturated carbocycles. The van der Waals surface area contributed by atoms with Gasteiger partial charge in [-0.3, -0.25) is 4.79 Å².